The molecule has 0 spiro atoms. The number of benzene rings is 1. The number of hydrogen-bond donors (Lipinski definition) is 1. The molecule has 1 aromatic heterocycles. The molecular weight excluding hydrogens is 452 g/mol. The minimum atomic E-state index is -0.364. The maximum atomic E-state index is 12.1. The van der Waals surface area contributed by atoms with Crippen LogP contribution in [0.5, 0.6) is 0 Å². The lowest BCUT2D eigenvalue weighted by Crippen LogP contribution is -2.47. The Hall–Kier alpha value is -2.97. The number of amides is 1. The predicted molar refractivity (Wildman–Crippen MR) is 144 cm³/mol. The Labute approximate surface area is 215 Å². The van der Waals surface area contributed by atoms with Crippen molar-refractivity contribution in [3.05, 3.63) is 59.8 Å². The van der Waals surface area contributed by atoms with E-state index in [2.05, 4.69) is 76.7 Å². The second kappa shape index (κ2) is 11.8. The van der Waals surface area contributed by atoms with E-state index in [4.69, 9.17) is 4.74 Å². The van der Waals surface area contributed by atoms with Crippen LogP contribution in [0.15, 0.2) is 43.1 Å². The number of cyclic esters (lactones) is 1. The van der Waals surface area contributed by atoms with Gasteiger partial charge in [0.05, 0.1) is 11.6 Å². The first kappa shape index (κ1) is 26.1. The second-order valence-corrected chi connectivity index (χ2v) is 10.1. The summed E-state index contributed by atoms with van der Waals surface area (Å²) < 4.78 is 5.19. The quantitative estimate of drug-likeness (QED) is 0.467. The lowest BCUT2D eigenvalue weighted by atomic mass is 9.93. The molecule has 36 heavy (non-hydrogen) atoms. The van der Waals surface area contributed by atoms with Crippen molar-refractivity contribution in [1.82, 2.24) is 19.8 Å². The van der Waals surface area contributed by atoms with Gasteiger partial charge in [-0.05, 0) is 37.3 Å². The zero-order valence-electron chi connectivity index (χ0n) is 22.1. The summed E-state index contributed by atoms with van der Waals surface area (Å²) in [4.78, 5) is 27.8. The molecular formula is C28H40N6O2. The van der Waals surface area contributed by atoms with Gasteiger partial charge in [-0.3, -0.25) is 14.7 Å². The van der Waals surface area contributed by atoms with Crippen molar-refractivity contribution in [3.8, 4) is 0 Å². The molecule has 1 fully saturated rings. The summed E-state index contributed by atoms with van der Waals surface area (Å²) in [6, 6.07) is 9.43. The Morgan fingerprint density at radius 3 is 2.44 bits per heavy atom. The van der Waals surface area contributed by atoms with Gasteiger partial charge < -0.3 is 10.1 Å². The molecule has 8 nitrogen and oxygen atoms in total. The summed E-state index contributed by atoms with van der Waals surface area (Å²) in [7, 11) is 0. The van der Waals surface area contributed by atoms with Gasteiger partial charge in [0.15, 0.2) is 0 Å². The van der Waals surface area contributed by atoms with Crippen molar-refractivity contribution in [2.24, 2.45) is 5.92 Å². The zero-order chi connectivity index (χ0) is 25.7. The van der Waals surface area contributed by atoms with E-state index >= 15 is 0 Å². The number of anilines is 2. The molecule has 8 heteroatoms. The molecule has 1 unspecified atom stereocenters. The largest absolute Gasteiger partial charge is 0.444 e. The fraction of sp³-hybridized carbons (Fsp3) is 0.536. The highest BCUT2D eigenvalue weighted by Gasteiger charge is 2.27. The number of fused-ring (bicyclic) bond motifs is 1. The molecule has 2 aliphatic rings. The van der Waals surface area contributed by atoms with Crippen LogP contribution in [-0.4, -0.2) is 65.1 Å². The van der Waals surface area contributed by atoms with Crippen LogP contribution >= 0.6 is 0 Å². The topological polar surface area (TPSA) is 73.8 Å². The van der Waals surface area contributed by atoms with Gasteiger partial charge in [0, 0.05) is 51.5 Å². The van der Waals surface area contributed by atoms with E-state index in [1.807, 2.05) is 13.0 Å². The zero-order valence-corrected chi connectivity index (χ0v) is 22.1. The predicted octanol–water partition coefficient (Wildman–Crippen LogP) is 5.02. The normalized spacial score (nSPS) is 18.5. The smallest absolute Gasteiger partial charge is 0.415 e. The maximum Gasteiger partial charge on any atom is 0.415 e. The third kappa shape index (κ3) is 6.05. The van der Waals surface area contributed by atoms with Crippen molar-refractivity contribution in [2.45, 2.75) is 52.8 Å². The van der Waals surface area contributed by atoms with Gasteiger partial charge in [-0.15, -0.1) is 6.58 Å². The number of ether oxygens (including phenoxy) is 1. The molecule has 2 atom stereocenters. The van der Waals surface area contributed by atoms with Gasteiger partial charge in [0.25, 0.3) is 0 Å². The molecule has 2 aliphatic heterocycles. The van der Waals surface area contributed by atoms with Gasteiger partial charge in [0.1, 0.15) is 12.4 Å². The van der Waals surface area contributed by atoms with E-state index in [0.29, 0.717) is 30.3 Å². The molecule has 0 saturated carbocycles. The van der Waals surface area contributed by atoms with Gasteiger partial charge >= 0.3 is 6.09 Å². The van der Waals surface area contributed by atoms with Crippen LogP contribution < -0.4 is 10.2 Å². The van der Waals surface area contributed by atoms with E-state index in [9.17, 15) is 4.79 Å². The molecule has 0 radical (unpaired) electrons. The standard InChI is InChI=1S/C28H40N6O2/c1-6-12-32-13-15-33(16-14-32)25(17-20(3)4)23-10-8-22(9-11-23)21(5)30-27-29-18-24-19-36-28(35)34(7-2)26(24)31-27/h6,8-11,18,20-21,25H,1,7,12-17,19H2,2-5H3,(H,29,30,31)/t21-,25?/m0/s1. The number of rotatable bonds is 10. The Bertz CT molecular complexity index is 1030. The van der Waals surface area contributed by atoms with Crippen LogP contribution in [0.25, 0.3) is 0 Å². The van der Waals surface area contributed by atoms with Crippen molar-refractivity contribution in [2.75, 3.05) is 49.5 Å². The minimum absolute atomic E-state index is 0.0220. The van der Waals surface area contributed by atoms with Crippen LogP contribution in [0, 0.1) is 5.92 Å². The van der Waals surface area contributed by atoms with Gasteiger partial charge in [0.2, 0.25) is 5.95 Å². The first-order valence-corrected chi connectivity index (χ1v) is 13.1. The molecule has 3 heterocycles. The average molecular weight is 493 g/mol. The molecule has 1 amide bonds. The van der Waals surface area contributed by atoms with E-state index in [-0.39, 0.29) is 18.7 Å². The van der Waals surface area contributed by atoms with Crippen molar-refractivity contribution in [1.29, 1.82) is 0 Å². The molecule has 194 valence electrons. The van der Waals surface area contributed by atoms with Crippen LogP contribution in [0.2, 0.25) is 0 Å². The maximum absolute atomic E-state index is 12.1. The fourth-order valence-electron chi connectivity index (χ4n) is 5.05. The van der Waals surface area contributed by atoms with Crippen LogP contribution in [0.4, 0.5) is 16.6 Å². The van der Waals surface area contributed by atoms with Crippen molar-refractivity contribution >= 4 is 17.9 Å². The molecule has 1 N–H and O–H groups in total. The second-order valence-electron chi connectivity index (χ2n) is 10.1. The Kier molecular flexibility index (Phi) is 8.59. The molecule has 2 aromatic rings. The SMILES string of the molecule is C=CCN1CCN(C(CC(C)C)c2ccc([C@H](C)Nc3ncc4c(n3)N(CC)C(=O)OC4)cc2)CC1. The van der Waals surface area contributed by atoms with E-state index < -0.39 is 0 Å². The van der Waals surface area contributed by atoms with Crippen molar-refractivity contribution < 1.29 is 9.53 Å². The third-order valence-corrected chi connectivity index (χ3v) is 7.08. The molecule has 4 rings (SSSR count). The monoisotopic (exact) mass is 492 g/mol. The van der Waals surface area contributed by atoms with Gasteiger partial charge in [-0.2, -0.15) is 4.98 Å². The Balaban J connectivity index is 1.45. The molecule has 1 saturated heterocycles. The van der Waals surface area contributed by atoms with Crippen LogP contribution in [-0.2, 0) is 11.3 Å². The number of carbonyl (C=O) groups excluding carboxylic acids is 1. The van der Waals surface area contributed by atoms with E-state index in [0.717, 1.165) is 44.7 Å². The highest BCUT2D eigenvalue weighted by Crippen LogP contribution is 2.31. The summed E-state index contributed by atoms with van der Waals surface area (Å²) >= 11 is 0. The van der Waals surface area contributed by atoms with E-state index in [1.165, 1.54) is 16.0 Å². The summed E-state index contributed by atoms with van der Waals surface area (Å²) in [5.74, 6) is 1.76. The fourth-order valence-corrected chi connectivity index (χ4v) is 5.05. The molecule has 0 aliphatic carbocycles. The summed E-state index contributed by atoms with van der Waals surface area (Å²) in [6.07, 6.45) is 4.52. The van der Waals surface area contributed by atoms with Crippen molar-refractivity contribution in [3.63, 3.8) is 0 Å². The lowest BCUT2D eigenvalue weighted by molar-refractivity contribution is 0.0926. The highest BCUT2D eigenvalue weighted by atomic mass is 16.6. The van der Waals surface area contributed by atoms with E-state index in [1.54, 1.807) is 6.20 Å². The number of piperazine rings is 1. The lowest BCUT2D eigenvalue weighted by Gasteiger charge is -2.40. The molecule has 1 aromatic carbocycles. The number of nitrogens with one attached hydrogen (secondary N) is 1. The third-order valence-electron chi connectivity index (χ3n) is 7.08. The number of nitrogens with zero attached hydrogens (tertiary/aromatic N) is 5. The summed E-state index contributed by atoms with van der Waals surface area (Å²) in [5.41, 5.74) is 3.37. The first-order valence-electron chi connectivity index (χ1n) is 13.1. The van der Waals surface area contributed by atoms with Crippen LogP contribution in [0.1, 0.15) is 62.9 Å². The molecule has 0 bridgehead atoms. The number of hydrogen-bond acceptors (Lipinski definition) is 7. The number of carbonyl (C=O) groups is 1. The van der Waals surface area contributed by atoms with Gasteiger partial charge in [-0.1, -0.05) is 44.2 Å². The van der Waals surface area contributed by atoms with Crippen LogP contribution in [0.3, 0.4) is 0 Å². The van der Waals surface area contributed by atoms with Gasteiger partial charge in [-0.25, -0.2) is 9.78 Å². The summed E-state index contributed by atoms with van der Waals surface area (Å²) in [5, 5.41) is 3.40. The average Bonchev–Trinajstić information content (AvgIpc) is 2.88. The highest BCUT2D eigenvalue weighted by molar-refractivity contribution is 5.89. The Morgan fingerprint density at radius 1 is 1.11 bits per heavy atom. The number of aromatic nitrogens is 2. The Morgan fingerprint density at radius 2 is 1.81 bits per heavy atom. The summed E-state index contributed by atoms with van der Waals surface area (Å²) in [6.45, 7) is 18.5. The minimum Gasteiger partial charge on any atom is -0.444 e. The first-order chi connectivity index (χ1) is 17.4.